The van der Waals surface area contributed by atoms with Gasteiger partial charge in [0.25, 0.3) is 0 Å². The number of carboxylic acid groups (broad SMARTS) is 1. The van der Waals surface area contributed by atoms with Gasteiger partial charge in [-0.05, 0) is 88.7 Å². The number of rotatable bonds is 14. The molecule has 0 bridgehead atoms. The van der Waals surface area contributed by atoms with Gasteiger partial charge in [0.2, 0.25) is 0 Å². The van der Waals surface area contributed by atoms with Gasteiger partial charge in [-0.1, -0.05) is 57.9 Å². The summed E-state index contributed by atoms with van der Waals surface area (Å²) >= 11 is 0. The summed E-state index contributed by atoms with van der Waals surface area (Å²) < 4.78 is 32.7. The first kappa shape index (κ1) is 29.6. The third kappa shape index (κ3) is 7.22. The predicted molar refractivity (Wildman–Crippen MR) is 155 cm³/mol. The highest BCUT2D eigenvalue weighted by Crippen LogP contribution is 2.44. The first-order valence-electron chi connectivity index (χ1n) is 14.1. The highest BCUT2D eigenvalue weighted by atomic mass is 19.1. The summed E-state index contributed by atoms with van der Waals surface area (Å²) in [6, 6.07) is 18.5. The summed E-state index contributed by atoms with van der Waals surface area (Å²) in [5.41, 5.74) is 3.84. The van der Waals surface area contributed by atoms with Gasteiger partial charge in [0.1, 0.15) is 23.9 Å². The smallest absolute Gasteiger partial charge is 0.303 e. The summed E-state index contributed by atoms with van der Waals surface area (Å²) in [5.74, 6) is 0.790. The maximum Gasteiger partial charge on any atom is 0.303 e. The Balaban J connectivity index is 1.64. The normalized spacial score (nSPS) is 14.9. The summed E-state index contributed by atoms with van der Waals surface area (Å²) in [7, 11) is 3.26. The fourth-order valence-electron chi connectivity index (χ4n) is 5.38. The van der Waals surface area contributed by atoms with Gasteiger partial charge in [0.15, 0.2) is 0 Å². The molecule has 3 aromatic carbocycles. The minimum Gasteiger partial charge on any atom is -0.497 e. The molecule has 0 saturated heterocycles. The molecule has 0 amide bonds. The third-order valence-corrected chi connectivity index (χ3v) is 8.19. The molecule has 0 radical (unpaired) electrons. The third-order valence-electron chi connectivity index (χ3n) is 8.19. The van der Waals surface area contributed by atoms with E-state index in [0.717, 1.165) is 35.1 Å². The number of benzene rings is 3. The lowest BCUT2D eigenvalue weighted by atomic mass is 9.77. The molecule has 1 aliphatic carbocycles. The molecule has 5 nitrogen and oxygen atoms in total. The molecule has 0 unspecified atom stereocenters. The Morgan fingerprint density at radius 2 is 1.80 bits per heavy atom. The van der Waals surface area contributed by atoms with Crippen LogP contribution in [0.1, 0.15) is 81.6 Å². The van der Waals surface area contributed by atoms with Crippen molar-refractivity contribution in [2.45, 2.75) is 71.5 Å². The van der Waals surface area contributed by atoms with Gasteiger partial charge in [-0.15, -0.1) is 0 Å². The van der Waals surface area contributed by atoms with E-state index in [4.69, 9.17) is 14.2 Å². The molecule has 0 heterocycles. The quantitative estimate of drug-likeness (QED) is 0.219. The van der Waals surface area contributed by atoms with Crippen LogP contribution in [-0.2, 0) is 16.1 Å². The van der Waals surface area contributed by atoms with Crippen molar-refractivity contribution in [1.82, 2.24) is 0 Å². The number of aliphatic carboxylic acids is 1. The Bertz CT molecular complexity index is 1310. The zero-order valence-electron chi connectivity index (χ0n) is 24.2. The number of hydrogen-bond donors (Lipinski definition) is 1. The molecule has 0 aliphatic heterocycles. The molecule has 6 heteroatoms. The molecule has 0 aromatic heterocycles. The molecule has 0 spiro atoms. The number of halogens is 1. The number of methoxy groups -OCH3 is 2. The van der Waals surface area contributed by atoms with Crippen molar-refractivity contribution in [1.29, 1.82) is 0 Å². The van der Waals surface area contributed by atoms with Crippen molar-refractivity contribution >= 4 is 5.97 Å². The largest absolute Gasteiger partial charge is 0.497 e. The van der Waals surface area contributed by atoms with E-state index in [9.17, 15) is 9.90 Å². The number of carboxylic acids is 1. The minimum atomic E-state index is -0.778. The second-order valence-electron chi connectivity index (χ2n) is 11.6. The van der Waals surface area contributed by atoms with Crippen molar-refractivity contribution in [2.24, 2.45) is 11.3 Å². The van der Waals surface area contributed by atoms with Crippen LogP contribution in [0.5, 0.6) is 11.5 Å². The van der Waals surface area contributed by atoms with Crippen molar-refractivity contribution < 1.29 is 28.5 Å². The predicted octanol–water partition coefficient (Wildman–Crippen LogP) is 8.56. The van der Waals surface area contributed by atoms with Gasteiger partial charge in [-0.25, -0.2) is 4.39 Å². The summed E-state index contributed by atoms with van der Waals surface area (Å²) in [4.78, 5) is 11.5. The van der Waals surface area contributed by atoms with Crippen LogP contribution < -0.4 is 9.47 Å². The monoisotopic (exact) mass is 548 g/mol. The van der Waals surface area contributed by atoms with E-state index in [2.05, 4.69) is 20.8 Å². The van der Waals surface area contributed by atoms with Crippen LogP contribution in [0.4, 0.5) is 4.39 Å². The van der Waals surface area contributed by atoms with Crippen LogP contribution >= 0.6 is 0 Å². The number of ether oxygens (including phenoxy) is 3. The fourth-order valence-corrected chi connectivity index (χ4v) is 5.38. The molecule has 1 N–H and O–H groups in total. The van der Waals surface area contributed by atoms with Crippen molar-refractivity contribution in [3.63, 3.8) is 0 Å². The lowest BCUT2D eigenvalue weighted by Gasteiger charge is -2.34. The van der Waals surface area contributed by atoms with Crippen LogP contribution in [0.25, 0.3) is 11.1 Å². The Hall–Kier alpha value is -3.38. The molecule has 3 aromatic rings. The topological polar surface area (TPSA) is 65.0 Å². The lowest BCUT2D eigenvalue weighted by molar-refractivity contribution is -0.137. The van der Waals surface area contributed by atoms with Crippen LogP contribution in [-0.4, -0.2) is 25.3 Å². The summed E-state index contributed by atoms with van der Waals surface area (Å²) in [5, 5.41) is 9.45. The van der Waals surface area contributed by atoms with Crippen molar-refractivity contribution in [3.8, 4) is 22.6 Å². The van der Waals surface area contributed by atoms with Crippen LogP contribution in [0, 0.1) is 17.2 Å². The second-order valence-corrected chi connectivity index (χ2v) is 11.6. The highest BCUT2D eigenvalue weighted by Gasteiger charge is 2.32. The van der Waals surface area contributed by atoms with E-state index in [-0.39, 0.29) is 29.7 Å². The molecule has 40 heavy (non-hydrogen) atoms. The molecule has 2 atom stereocenters. The maximum absolute atomic E-state index is 15.1. The van der Waals surface area contributed by atoms with Crippen molar-refractivity contribution in [3.05, 3.63) is 83.2 Å². The van der Waals surface area contributed by atoms with Crippen molar-refractivity contribution in [2.75, 3.05) is 14.2 Å². The zero-order valence-corrected chi connectivity index (χ0v) is 24.2. The van der Waals surface area contributed by atoms with Gasteiger partial charge >= 0.3 is 5.97 Å². The van der Waals surface area contributed by atoms with Crippen LogP contribution in [0.3, 0.4) is 0 Å². The van der Waals surface area contributed by atoms with E-state index >= 15 is 4.39 Å². The molecule has 1 saturated carbocycles. The fraction of sp³-hybridized carbons (Fsp3) is 0.441. The Labute approximate surface area is 237 Å². The Morgan fingerprint density at radius 3 is 2.45 bits per heavy atom. The van der Waals surface area contributed by atoms with Gasteiger partial charge in [-0.2, -0.15) is 0 Å². The second kappa shape index (κ2) is 12.9. The van der Waals surface area contributed by atoms with E-state index in [1.807, 2.05) is 42.5 Å². The SMILES string of the molecule is CCC(C)(C)[C@H](OC)c1cc(COc2cccc([C@@H](CC(=O)O)CC3CC3)c2)ccc1-c1cc(OC)ccc1F. The van der Waals surface area contributed by atoms with E-state index in [1.54, 1.807) is 26.4 Å². The van der Waals surface area contributed by atoms with Gasteiger partial charge < -0.3 is 19.3 Å². The number of carbonyl (C=O) groups is 1. The van der Waals surface area contributed by atoms with Gasteiger partial charge in [0, 0.05) is 12.7 Å². The van der Waals surface area contributed by atoms with Crippen LogP contribution in [0.15, 0.2) is 60.7 Å². The van der Waals surface area contributed by atoms with E-state index in [0.29, 0.717) is 29.6 Å². The van der Waals surface area contributed by atoms with Gasteiger partial charge in [0.05, 0.1) is 19.6 Å². The minimum absolute atomic E-state index is 0.0177. The average Bonchev–Trinajstić information content (AvgIpc) is 3.76. The highest BCUT2D eigenvalue weighted by molar-refractivity contribution is 5.71. The summed E-state index contributed by atoms with van der Waals surface area (Å²) in [6.45, 7) is 6.73. The molecule has 214 valence electrons. The lowest BCUT2D eigenvalue weighted by Crippen LogP contribution is -2.24. The molecule has 4 rings (SSSR count). The molecule has 1 fully saturated rings. The van der Waals surface area contributed by atoms with Crippen LogP contribution in [0.2, 0.25) is 0 Å². The summed E-state index contributed by atoms with van der Waals surface area (Å²) in [6.07, 6.45) is 3.98. The first-order chi connectivity index (χ1) is 19.1. The van der Waals surface area contributed by atoms with Gasteiger partial charge in [-0.3, -0.25) is 4.79 Å². The van der Waals surface area contributed by atoms with E-state index < -0.39 is 5.97 Å². The Morgan fingerprint density at radius 1 is 1.02 bits per heavy atom. The standard InChI is InChI=1S/C34H41FO5/c1-6-34(2,3)33(39-5)30-17-23(12-14-28(30)29-20-26(38-4)13-15-31(29)35)21-40-27-9-7-8-24(18-27)25(19-32(36)37)16-22-10-11-22/h7-9,12-15,17-18,20,22,25,33H,6,10-11,16,19,21H2,1-5H3,(H,36,37)/t25-,33-/m1/s1. The molecular weight excluding hydrogens is 507 g/mol. The zero-order chi connectivity index (χ0) is 28.9. The molecular formula is C34H41FO5. The number of hydrogen-bond acceptors (Lipinski definition) is 4. The molecule has 1 aliphatic rings. The average molecular weight is 549 g/mol. The maximum atomic E-state index is 15.1. The Kier molecular flexibility index (Phi) is 9.52. The van der Waals surface area contributed by atoms with E-state index in [1.165, 1.54) is 18.9 Å². The first-order valence-corrected chi connectivity index (χ1v) is 14.1.